The van der Waals surface area contributed by atoms with Gasteiger partial charge in [-0.3, -0.25) is 4.79 Å². The van der Waals surface area contributed by atoms with Crippen LogP contribution in [-0.4, -0.2) is 47.6 Å². The van der Waals surface area contributed by atoms with E-state index < -0.39 is 12.0 Å². The maximum Gasteiger partial charge on any atom is 0.321 e. The molecule has 1 aromatic carbocycles. The van der Waals surface area contributed by atoms with E-state index in [9.17, 15) is 4.79 Å². The summed E-state index contributed by atoms with van der Waals surface area (Å²) in [6.07, 6.45) is 0. The molecular weight excluding hydrogens is 298 g/mol. The lowest BCUT2D eigenvalue weighted by Crippen LogP contribution is -2.45. The van der Waals surface area contributed by atoms with Crippen molar-refractivity contribution in [2.75, 3.05) is 31.1 Å². The highest BCUT2D eigenvalue weighted by Gasteiger charge is 2.19. The van der Waals surface area contributed by atoms with Gasteiger partial charge in [-0.2, -0.15) is 0 Å². The summed E-state index contributed by atoms with van der Waals surface area (Å²) in [7, 11) is 0. The molecule has 1 atom stereocenters. The van der Waals surface area contributed by atoms with Crippen molar-refractivity contribution < 1.29 is 9.90 Å². The van der Waals surface area contributed by atoms with E-state index in [1.165, 1.54) is 23.4 Å². The van der Waals surface area contributed by atoms with E-state index in [0.29, 0.717) is 0 Å². The second-order valence-corrected chi connectivity index (χ2v) is 5.96. The second-order valence-electron chi connectivity index (χ2n) is 5.02. The van der Waals surface area contributed by atoms with E-state index in [1.54, 1.807) is 6.92 Å². The van der Waals surface area contributed by atoms with E-state index >= 15 is 0 Å². The minimum Gasteiger partial charge on any atom is -0.480 e. The lowest BCUT2D eigenvalue weighted by molar-refractivity contribution is -0.138. The first kappa shape index (κ1) is 18.8. The SMILES string of the molecule is CC.Cc1ccc(N2CCN(SN[C@H](C)C(=O)O)CC2)cc1. The summed E-state index contributed by atoms with van der Waals surface area (Å²) in [5.41, 5.74) is 2.53. The number of nitrogens with one attached hydrogen (secondary N) is 1. The van der Waals surface area contributed by atoms with Crippen molar-refractivity contribution in [2.24, 2.45) is 0 Å². The monoisotopic (exact) mass is 325 g/mol. The highest BCUT2D eigenvalue weighted by molar-refractivity contribution is 7.95. The third-order valence-electron chi connectivity index (χ3n) is 3.37. The summed E-state index contributed by atoms with van der Waals surface area (Å²) < 4.78 is 5.11. The molecule has 2 rings (SSSR count). The Kier molecular flexibility index (Phi) is 8.30. The number of aryl methyl sites for hydroxylation is 1. The number of nitrogens with zero attached hydrogens (tertiary/aromatic N) is 2. The Labute approximate surface area is 137 Å². The van der Waals surface area contributed by atoms with Crippen molar-refractivity contribution in [3.8, 4) is 0 Å². The standard InChI is InChI=1S/C14H21N3O2S.C2H6/c1-11-3-5-13(6-4-11)16-7-9-17(10-8-16)20-15-12(2)14(18)19;1-2/h3-6,12,15H,7-10H2,1-2H3,(H,18,19);1-2H3/t12-;/m1./s1. The molecule has 22 heavy (non-hydrogen) atoms. The Balaban J connectivity index is 0.00000116. The molecule has 6 heteroatoms. The molecule has 0 amide bonds. The molecule has 2 N–H and O–H groups in total. The number of carboxylic acid groups (broad SMARTS) is 1. The summed E-state index contributed by atoms with van der Waals surface area (Å²) in [6, 6.07) is 8.04. The van der Waals surface area contributed by atoms with Gasteiger partial charge < -0.3 is 10.0 Å². The molecule has 0 aromatic heterocycles. The predicted molar refractivity (Wildman–Crippen MR) is 94.1 cm³/mol. The van der Waals surface area contributed by atoms with Crippen LogP contribution >= 0.6 is 12.1 Å². The van der Waals surface area contributed by atoms with Crippen LogP contribution in [0.2, 0.25) is 0 Å². The Morgan fingerprint density at radius 2 is 1.73 bits per heavy atom. The predicted octanol–water partition coefficient (Wildman–Crippen LogP) is 2.77. The molecule has 1 aliphatic heterocycles. The van der Waals surface area contributed by atoms with Crippen LogP contribution in [0, 0.1) is 6.92 Å². The van der Waals surface area contributed by atoms with Gasteiger partial charge in [0.2, 0.25) is 0 Å². The van der Waals surface area contributed by atoms with Crippen LogP contribution in [-0.2, 0) is 4.79 Å². The number of hydrogen-bond donors (Lipinski definition) is 2. The van der Waals surface area contributed by atoms with Crippen LogP contribution in [0.4, 0.5) is 5.69 Å². The van der Waals surface area contributed by atoms with Gasteiger partial charge in [0.1, 0.15) is 6.04 Å². The molecule has 0 bridgehead atoms. The Morgan fingerprint density at radius 3 is 2.23 bits per heavy atom. The molecule has 5 nitrogen and oxygen atoms in total. The van der Waals surface area contributed by atoms with Crippen LogP contribution in [0.25, 0.3) is 0 Å². The third kappa shape index (κ3) is 5.87. The minimum absolute atomic E-state index is 0.532. The number of carboxylic acids is 1. The third-order valence-corrected chi connectivity index (χ3v) is 4.45. The molecule has 1 heterocycles. The summed E-state index contributed by atoms with van der Waals surface area (Å²) in [5, 5.41) is 8.82. The number of aliphatic carboxylic acids is 1. The van der Waals surface area contributed by atoms with Crippen LogP contribution < -0.4 is 9.62 Å². The average molecular weight is 325 g/mol. The highest BCUT2D eigenvalue weighted by atomic mass is 32.2. The largest absolute Gasteiger partial charge is 0.480 e. The van der Waals surface area contributed by atoms with E-state index in [-0.39, 0.29) is 0 Å². The second kappa shape index (κ2) is 9.71. The summed E-state index contributed by atoms with van der Waals surface area (Å²) in [6.45, 7) is 11.5. The lowest BCUT2D eigenvalue weighted by atomic mass is 10.2. The van der Waals surface area contributed by atoms with Crippen molar-refractivity contribution in [3.63, 3.8) is 0 Å². The van der Waals surface area contributed by atoms with Gasteiger partial charge >= 0.3 is 5.97 Å². The number of rotatable bonds is 5. The molecule has 0 unspecified atom stereocenters. The maximum absolute atomic E-state index is 10.7. The van der Waals surface area contributed by atoms with Crippen molar-refractivity contribution >= 4 is 23.8 Å². The first-order valence-electron chi connectivity index (χ1n) is 7.78. The first-order chi connectivity index (χ1) is 10.6. The fourth-order valence-electron chi connectivity index (χ4n) is 2.00. The quantitative estimate of drug-likeness (QED) is 0.812. The first-order valence-corrected chi connectivity index (χ1v) is 8.55. The topological polar surface area (TPSA) is 55.8 Å². The van der Waals surface area contributed by atoms with Crippen LogP contribution in [0.3, 0.4) is 0 Å². The Morgan fingerprint density at radius 1 is 1.18 bits per heavy atom. The number of piperazine rings is 1. The normalized spacial score (nSPS) is 16.6. The molecule has 1 fully saturated rings. The van der Waals surface area contributed by atoms with Crippen molar-refractivity contribution in [1.29, 1.82) is 0 Å². The van der Waals surface area contributed by atoms with E-state index in [0.717, 1.165) is 26.2 Å². The van der Waals surface area contributed by atoms with Gasteiger partial charge in [0.15, 0.2) is 0 Å². The fourth-order valence-corrected chi connectivity index (χ4v) is 2.75. The fraction of sp³-hybridized carbons (Fsp3) is 0.562. The summed E-state index contributed by atoms with van der Waals surface area (Å²) >= 11 is 1.41. The van der Waals surface area contributed by atoms with Crippen molar-refractivity contribution in [3.05, 3.63) is 29.8 Å². The maximum atomic E-state index is 10.7. The lowest BCUT2D eigenvalue weighted by Gasteiger charge is -2.35. The molecule has 0 spiro atoms. The van der Waals surface area contributed by atoms with Crippen LogP contribution in [0.15, 0.2) is 24.3 Å². The molecule has 0 radical (unpaired) electrons. The van der Waals surface area contributed by atoms with E-state index in [2.05, 4.69) is 45.1 Å². The molecule has 1 aromatic rings. The molecule has 1 aliphatic rings. The van der Waals surface area contributed by atoms with Gasteiger partial charge in [0.25, 0.3) is 0 Å². The van der Waals surface area contributed by atoms with Gasteiger partial charge in [-0.25, -0.2) is 9.03 Å². The Bertz CT molecular complexity index is 445. The Hall–Kier alpha value is -1.24. The van der Waals surface area contributed by atoms with Gasteiger partial charge in [0, 0.05) is 44.0 Å². The van der Waals surface area contributed by atoms with Gasteiger partial charge in [-0.05, 0) is 26.0 Å². The smallest absolute Gasteiger partial charge is 0.321 e. The van der Waals surface area contributed by atoms with Crippen LogP contribution in [0.5, 0.6) is 0 Å². The summed E-state index contributed by atoms with van der Waals surface area (Å²) in [5.74, 6) is -0.823. The van der Waals surface area contributed by atoms with Crippen molar-refractivity contribution in [1.82, 2.24) is 9.03 Å². The molecule has 1 saturated heterocycles. The highest BCUT2D eigenvalue weighted by Crippen LogP contribution is 2.19. The number of hydrogen-bond acceptors (Lipinski definition) is 5. The average Bonchev–Trinajstić information content (AvgIpc) is 2.55. The number of anilines is 1. The zero-order valence-electron chi connectivity index (χ0n) is 13.9. The number of benzene rings is 1. The zero-order valence-corrected chi connectivity index (χ0v) is 14.7. The van der Waals surface area contributed by atoms with E-state index in [1.807, 2.05) is 13.8 Å². The molecule has 0 saturated carbocycles. The molecule has 124 valence electrons. The molecule has 0 aliphatic carbocycles. The van der Waals surface area contributed by atoms with E-state index in [4.69, 9.17) is 5.11 Å². The van der Waals surface area contributed by atoms with Gasteiger partial charge in [0.05, 0.1) is 0 Å². The number of carbonyl (C=O) groups is 1. The van der Waals surface area contributed by atoms with Gasteiger partial charge in [-0.1, -0.05) is 31.5 Å². The zero-order chi connectivity index (χ0) is 16.5. The molecular formula is C16H27N3O2S. The summed E-state index contributed by atoms with van der Waals surface area (Å²) in [4.78, 5) is 13.1. The van der Waals surface area contributed by atoms with Gasteiger partial charge in [-0.15, -0.1) is 0 Å². The minimum atomic E-state index is -0.823. The van der Waals surface area contributed by atoms with Crippen molar-refractivity contribution in [2.45, 2.75) is 33.7 Å². The van der Waals surface area contributed by atoms with Crippen LogP contribution in [0.1, 0.15) is 26.3 Å².